The van der Waals surface area contributed by atoms with Gasteiger partial charge in [-0.05, 0) is 53.9 Å². The molecule has 0 radical (unpaired) electrons. The maximum Gasteiger partial charge on any atom is 0.309 e. The van der Waals surface area contributed by atoms with Gasteiger partial charge in [0.1, 0.15) is 11.6 Å². The fourth-order valence-electron chi connectivity index (χ4n) is 1.42. The van der Waals surface area contributed by atoms with Crippen molar-refractivity contribution in [2.24, 2.45) is 5.41 Å². The van der Waals surface area contributed by atoms with Crippen molar-refractivity contribution in [2.75, 3.05) is 7.11 Å². The Kier molecular flexibility index (Phi) is 4.14. The molecule has 0 saturated heterocycles. The van der Waals surface area contributed by atoms with E-state index in [1.165, 1.54) is 19.2 Å². The number of methoxy groups -OCH3 is 1. The minimum atomic E-state index is -1.02. The second-order valence-electron chi connectivity index (χ2n) is 4.45. The Morgan fingerprint density at radius 2 is 2.12 bits per heavy atom. The first-order valence-corrected chi connectivity index (χ1v) is 5.82. The Balaban J connectivity index is 3.14. The number of hydrogen-bond acceptors (Lipinski definition) is 2. The molecule has 94 valence electrons. The van der Waals surface area contributed by atoms with E-state index in [1.807, 2.05) is 0 Å². The first-order valence-electron chi connectivity index (χ1n) is 5.03. The van der Waals surface area contributed by atoms with Crippen molar-refractivity contribution in [2.45, 2.75) is 20.3 Å². The molecule has 0 saturated carbocycles. The molecule has 0 aliphatic carbocycles. The maximum absolute atomic E-state index is 13.8. The van der Waals surface area contributed by atoms with Crippen molar-refractivity contribution in [3.8, 4) is 5.75 Å². The zero-order valence-corrected chi connectivity index (χ0v) is 11.5. The Labute approximate surface area is 108 Å². The summed E-state index contributed by atoms with van der Waals surface area (Å²) >= 11 is 3.08. The minimum Gasteiger partial charge on any atom is -0.497 e. The van der Waals surface area contributed by atoms with Crippen LogP contribution >= 0.6 is 15.9 Å². The van der Waals surface area contributed by atoms with Crippen molar-refractivity contribution in [3.05, 3.63) is 28.0 Å². The average molecular weight is 305 g/mol. The topological polar surface area (TPSA) is 46.5 Å². The monoisotopic (exact) mass is 304 g/mol. The Bertz CT molecular complexity index is 444. The predicted molar refractivity (Wildman–Crippen MR) is 65.8 cm³/mol. The molecule has 0 bridgehead atoms. The van der Waals surface area contributed by atoms with E-state index < -0.39 is 17.2 Å². The quantitative estimate of drug-likeness (QED) is 0.929. The van der Waals surface area contributed by atoms with Crippen LogP contribution in [0.15, 0.2) is 16.6 Å². The molecule has 1 rings (SSSR count). The summed E-state index contributed by atoms with van der Waals surface area (Å²) in [6, 6.07) is 3.03. The van der Waals surface area contributed by atoms with Gasteiger partial charge in [-0.2, -0.15) is 0 Å². The van der Waals surface area contributed by atoms with Gasteiger partial charge < -0.3 is 9.84 Å². The van der Waals surface area contributed by atoms with Gasteiger partial charge in [-0.1, -0.05) is 0 Å². The molecule has 1 N–H and O–H groups in total. The summed E-state index contributed by atoms with van der Waals surface area (Å²) in [6.45, 7) is 3.12. The normalized spacial score (nSPS) is 11.4. The number of rotatable bonds is 4. The first kappa shape index (κ1) is 14.0. The van der Waals surface area contributed by atoms with Crippen LogP contribution in [0.4, 0.5) is 4.39 Å². The molecule has 0 aromatic heterocycles. The van der Waals surface area contributed by atoms with Gasteiger partial charge in [0.2, 0.25) is 0 Å². The standard InChI is InChI=1S/C12H14BrFO3/c1-12(2,11(15)16)6-7-4-8(17-3)5-9(13)10(7)14/h4-5H,6H2,1-3H3,(H,15,16). The smallest absolute Gasteiger partial charge is 0.309 e. The van der Waals surface area contributed by atoms with Gasteiger partial charge in [0.15, 0.2) is 0 Å². The Morgan fingerprint density at radius 3 is 2.59 bits per heavy atom. The van der Waals surface area contributed by atoms with Crippen molar-refractivity contribution in [1.82, 2.24) is 0 Å². The molecule has 0 heterocycles. The van der Waals surface area contributed by atoms with Crippen LogP contribution < -0.4 is 4.74 Å². The molecule has 0 fully saturated rings. The largest absolute Gasteiger partial charge is 0.497 e. The number of hydrogen-bond donors (Lipinski definition) is 1. The summed E-state index contributed by atoms with van der Waals surface area (Å²) in [4.78, 5) is 11.0. The molecular formula is C12H14BrFO3. The van der Waals surface area contributed by atoms with Gasteiger partial charge in [-0.15, -0.1) is 0 Å². The fourth-order valence-corrected chi connectivity index (χ4v) is 1.90. The second-order valence-corrected chi connectivity index (χ2v) is 5.30. The summed E-state index contributed by atoms with van der Waals surface area (Å²) in [5.74, 6) is -0.912. The number of carboxylic acid groups (broad SMARTS) is 1. The molecule has 0 amide bonds. The number of aliphatic carboxylic acids is 1. The summed E-state index contributed by atoms with van der Waals surface area (Å²) in [7, 11) is 1.48. The van der Waals surface area contributed by atoms with E-state index >= 15 is 0 Å². The van der Waals surface area contributed by atoms with Gasteiger partial charge in [0, 0.05) is 0 Å². The molecule has 17 heavy (non-hydrogen) atoms. The lowest BCUT2D eigenvalue weighted by atomic mass is 9.86. The predicted octanol–water partition coefficient (Wildman–Crippen LogP) is 3.25. The van der Waals surface area contributed by atoms with E-state index in [0.29, 0.717) is 11.3 Å². The van der Waals surface area contributed by atoms with Gasteiger partial charge in [-0.3, -0.25) is 4.79 Å². The zero-order chi connectivity index (χ0) is 13.2. The van der Waals surface area contributed by atoms with Crippen molar-refractivity contribution in [1.29, 1.82) is 0 Å². The molecule has 5 heteroatoms. The molecule has 0 spiro atoms. The van der Waals surface area contributed by atoms with Crippen molar-refractivity contribution in [3.63, 3.8) is 0 Å². The summed E-state index contributed by atoms with van der Waals surface area (Å²) in [6.07, 6.45) is 0.101. The summed E-state index contributed by atoms with van der Waals surface area (Å²) in [5, 5.41) is 9.02. The third-order valence-electron chi connectivity index (χ3n) is 2.52. The number of ether oxygens (including phenoxy) is 1. The van der Waals surface area contributed by atoms with Crippen LogP contribution in [-0.2, 0) is 11.2 Å². The van der Waals surface area contributed by atoms with E-state index in [0.717, 1.165) is 0 Å². The van der Waals surface area contributed by atoms with Crippen LogP contribution in [0.2, 0.25) is 0 Å². The highest BCUT2D eigenvalue weighted by atomic mass is 79.9. The lowest BCUT2D eigenvalue weighted by Crippen LogP contribution is -2.26. The van der Waals surface area contributed by atoms with Gasteiger partial charge >= 0.3 is 5.97 Å². The van der Waals surface area contributed by atoms with Gasteiger partial charge in [-0.25, -0.2) is 4.39 Å². The number of carboxylic acids is 1. The Hall–Kier alpha value is -1.10. The van der Waals surface area contributed by atoms with Gasteiger partial charge in [0.05, 0.1) is 17.0 Å². The van der Waals surface area contributed by atoms with Crippen LogP contribution in [0.25, 0.3) is 0 Å². The Morgan fingerprint density at radius 1 is 1.53 bits per heavy atom. The van der Waals surface area contributed by atoms with Crippen LogP contribution in [0.3, 0.4) is 0 Å². The molecule has 0 aliphatic heterocycles. The number of benzene rings is 1. The summed E-state index contributed by atoms with van der Waals surface area (Å²) in [5.41, 5.74) is -0.698. The van der Waals surface area contributed by atoms with E-state index in [4.69, 9.17) is 9.84 Å². The van der Waals surface area contributed by atoms with Gasteiger partial charge in [0.25, 0.3) is 0 Å². The minimum absolute atomic E-state index is 0.101. The highest BCUT2D eigenvalue weighted by Gasteiger charge is 2.29. The summed E-state index contributed by atoms with van der Waals surface area (Å²) < 4.78 is 19.1. The maximum atomic E-state index is 13.8. The molecule has 0 atom stereocenters. The highest BCUT2D eigenvalue weighted by Crippen LogP contribution is 2.30. The second kappa shape index (κ2) is 5.04. The van der Waals surface area contributed by atoms with E-state index in [-0.39, 0.29) is 10.9 Å². The third kappa shape index (κ3) is 3.19. The SMILES string of the molecule is COc1cc(Br)c(F)c(CC(C)(C)C(=O)O)c1. The van der Waals surface area contributed by atoms with E-state index in [9.17, 15) is 9.18 Å². The highest BCUT2D eigenvalue weighted by molar-refractivity contribution is 9.10. The van der Waals surface area contributed by atoms with Crippen molar-refractivity contribution >= 4 is 21.9 Å². The molecule has 1 aromatic carbocycles. The average Bonchev–Trinajstić information content (AvgIpc) is 2.23. The van der Waals surface area contributed by atoms with Crippen LogP contribution in [0, 0.1) is 11.2 Å². The van der Waals surface area contributed by atoms with E-state index in [2.05, 4.69) is 15.9 Å². The first-order chi connectivity index (χ1) is 7.77. The molecule has 0 aliphatic rings. The lowest BCUT2D eigenvalue weighted by Gasteiger charge is -2.20. The van der Waals surface area contributed by atoms with Crippen LogP contribution in [0.5, 0.6) is 5.75 Å². The van der Waals surface area contributed by atoms with Crippen LogP contribution in [-0.4, -0.2) is 18.2 Å². The third-order valence-corrected chi connectivity index (χ3v) is 3.10. The molecule has 3 nitrogen and oxygen atoms in total. The number of carbonyl (C=O) groups is 1. The van der Waals surface area contributed by atoms with E-state index in [1.54, 1.807) is 13.8 Å². The van der Waals surface area contributed by atoms with Crippen LogP contribution in [0.1, 0.15) is 19.4 Å². The molecule has 0 unspecified atom stereocenters. The van der Waals surface area contributed by atoms with Crippen molar-refractivity contribution < 1.29 is 19.0 Å². The molecular weight excluding hydrogens is 291 g/mol. The fraction of sp³-hybridized carbons (Fsp3) is 0.417. The zero-order valence-electron chi connectivity index (χ0n) is 9.88. The molecule has 1 aromatic rings. The lowest BCUT2D eigenvalue weighted by molar-refractivity contribution is -0.146. The number of halogens is 2.